The molecule has 5 nitrogen and oxygen atoms in total. The first-order chi connectivity index (χ1) is 18.4. The van der Waals surface area contributed by atoms with Crippen LogP contribution in [0.25, 0.3) is 54.9 Å². The standard InChI is InChI=1S/C32H19N3O2/c1-2-10-21-20(8-1)9-5-13-24(21)35(25-14-6-16-28-29(25)23-12-7-18-33-31(23)37-28)26-17-19-34-32-30(26)22-11-3-4-15-27(22)36-32/h1-19H. The van der Waals surface area contributed by atoms with Crippen molar-refractivity contribution in [3.63, 3.8) is 0 Å². The minimum Gasteiger partial charge on any atom is -0.438 e. The molecule has 0 spiro atoms. The molecule has 0 saturated carbocycles. The van der Waals surface area contributed by atoms with Crippen LogP contribution in [0.2, 0.25) is 0 Å². The van der Waals surface area contributed by atoms with E-state index >= 15 is 0 Å². The van der Waals surface area contributed by atoms with Gasteiger partial charge in [0, 0.05) is 23.2 Å². The second-order valence-corrected chi connectivity index (χ2v) is 9.05. The maximum absolute atomic E-state index is 6.18. The van der Waals surface area contributed by atoms with Crippen LogP contribution >= 0.6 is 0 Å². The van der Waals surface area contributed by atoms with E-state index < -0.39 is 0 Å². The number of para-hydroxylation sites is 1. The number of nitrogens with zero attached hydrogens (tertiary/aromatic N) is 3. The average Bonchev–Trinajstić information content (AvgIpc) is 3.52. The van der Waals surface area contributed by atoms with Gasteiger partial charge in [0.1, 0.15) is 11.2 Å². The molecule has 0 aliphatic heterocycles. The van der Waals surface area contributed by atoms with Gasteiger partial charge in [0.2, 0.25) is 11.4 Å². The van der Waals surface area contributed by atoms with Crippen LogP contribution in [0.3, 0.4) is 0 Å². The van der Waals surface area contributed by atoms with Crippen LogP contribution in [-0.4, -0.2) is 9.97 Å². The van der Waals surface area contributed by atoms with Crippen molar-refractivity contribution in [3.05, 3.63) is 116 Å². The molecule has 0 bridgehead atoms. The van der Waals surface area contributed by atoms with Crippen LogP contribution in [0, 0.1) is 0 Å². The molecular formula is C32H19N3O2. The predicted octanol–water partition coefficient (Wildman–Crippen LogP) is 8.90. The molecule has 0 atom stereocenters. The maximum Gasteiger partial charge on any atom is 0.229 e. The zero-order valence-corrected chi connectivity index (χ0v) is 19.6. The highest BCUT2D eigenvalue weighted by atomic mass is 16.3. The Labute approximate surface area is 211 Å². The Balaban J connectivity index is 1.55. The van der Waals surface area contributed by atoms with Crippen LogP contribution in [0.15, 0.2) is 124 Å². The van der Waals surface area contributed by atoms with E-state index in [0.29, 0.717) is 11.4 Å². The number of furan rings is 2. The summed E-state index contributed by atoms with van der Waals surface area (Å²) in [5, 5.41) is 6.28. The Hall–Kier alpha value is -5.16. The Morgan fingerprint density at radius 3 is 2.11 bits per heavy atom. The average molecular weight is 478 g/mol. The van der Waals surface area contributed by atoms with E-state index in [-0.39, 0.29) is 0 Å². The van der Waals surface area contributed by atoms with Crippen LogP contribution < -0.4 is 4.90 Å². The van der Waals surface area contributed by atoms with Gasteiger partial charge in [0.15, 0.2) is 0 Å². The largest absolute Gasteiger partial charge is 0.438 e. The van der Waals surface area contributed by atoms with E-state index in [9.17, 15) is 0 Å². The van der Waals surface area contributed by atoms with E-state index in [0.717, 1.165) is 55.2 Å². The summed E-state index contributed by atoms with van der Waals surface area (Å²) >= 11 is 0. The van der Waals surface area contributed by atoms with Crippen LogP contribution in [0.4, 0.5) is 17.1 Å². The summed E-state index contributed by atoms with van der Waals surface area (Å²) in [6.07, 6.45) is 3.57. The van der Waals surface area contributed by atoms with Gasteiger partial charge >= 0.3 is 0 Å². The Kier molecular flexibility index (Phi) is 4.16. The fourth-order valence-electron chi connectivity index (χ4n) is 5.44. The lowest BCUT2D eigenvalue weighted by atomic mass is 10.0. The molecule has 0 fully saturated rings. The first-order valence-corrected chi connectivity index (χ1v) is 12.2. The zero-order chi connectivity index (χ0) is 24.3. The molecule has 5 heteroatoms. The van der Waals surface area contributed by atoms with Gasteiger partial charge in [-0.1, -0.05) is 60.7 Å². The van der Waals surface area contributed by atoms with Crippen molar-refractivity contribution < 1.29 is 8.83 Å². The van der Waals surface area contributed by atoms with Gasteiger partial charge < -0.3 is 13.7 Å². The molecule has 0 saturated heterocycles. The minimum atomic E-state index is 0.606. The van der Waals surface area contributed by atoms with E-state index in [2.05, 4.69) is 81.6 Å². The van der Waals surface area contributed by atoms with Gasteiger partial charge in [-0.15, -0.1) is 0 Å². The summed E-state index contributed by atoms with van der Waals surface area (Å²) in [5.41, 5.74) is 5.87. The highest BCUT2D eigenvalue weighted by molar-refractivity contribution is 6.18. The fourth-order valence-corrected chi connectivity index (χ4v) is 5.44. The van der Waals surface area contributed by atoms with Crippen molar-refractivity contribution >= 4 is 72.0 Å². The molecule has 0 amide bonds. The number of hydrogen-bond donors (Lipinski definition) is 0. The molecular weight excluding hydrogens is 458 g/mol. The molecule has 0 aliphatic rings. The molecule has 4 aromatic heterocycles. The number of hydrogen-bond acceptors (Lipinski definition) is 5. The van der Waals surface area contributed by atoms with Gasteiger partial charge in [-0.2, -0.15) is 0 Å². The van der Waals surface area contributed by atoms with Gasteiger partial charge in [-0.25, -0.2) is 9.97 Å². The molecule has 8 aromatic rings. The Morgan fingerprint density at radius 2 is 1.14 bits per heavy atom. The number of benzene rings is 4. The lowest BCUT2D eigenvalue weighted by Crippen LogP contribution is -2.11. The minimum absolute atomic E-state index is 0.606. The van der Waals surface area contributed by atoms with Crippen molar-refractivity contribution in [3.8, 4) is 0 Å². The van der Waals surface area contributed by atoms with E-state index in [1.807, 2.05) is 42.6 Å². The molecule has 4 aromatic carbocycles. The highest BCUT2D eigenvalue weighted by Crippen LogP contribution is 2.47. The molecule has 8 rings (SSSR count). The molecule has 4 heterocycles. The number of aromatic nitrogens is 2. The maximum atomic E-state index is 6.18. The van der Waals surface area contributed by atoms with Crippen molar-refractivity contribution in [2.24, 2.45) is 0 Å². The first kappa shape index (κ1) is 20.1. The number of rotatable bonds is 3. The predicted molar refractivity (Wildman–Crippen MR) is 149 cm³/mol. The van der Waals surface area contributed by atoms with Gasteiger partial charge in [0.05, 0.1) is 33.2 Å². The normalized spacial score (nSPS) is 11.8. The fraction of sp³-hybridized carbons (Fsp3) is 0. The molecule has 0 radical (unpaired) electrons. The lowest BCUT2D eigenvalue weighted by Gasteiger charge is -2.28. The molecule has 0 unspecified atom stereocenters. The van der Waals surface area contributed by atoms with Crippen molar-refractivity contribution in [1.29, 1.82) is 0 Å². The van der Waals surface area contributed by atoms with Gasteiger partial charge in [0.25, 0.3) is 0 Å². The second-order valence-electron chi connectivity index (χ2n) is 9.05. The molecule has 0 aliphatic carbocycles. The second kappa shape index (κ2) is 7.67. The van der Waals surface area contributed by atoms with E-state index in [1.54, 1.807) is 6.20 Å². The zero-order valence-electron chi connectivity index (χ0n) is 19.6. The SMILES string of the molecule is c1ccc2c(N(c3cccc4oc5ncccc5c34)c3ccnc4oc5ccccc5c34)cccc2c1. The van der Waals surface area contributed by atoms with Gasteiger partial charge in [-0.05, 0) is 47.9 Å². The highest BCUT2D eigenvalue weighted by Gasteiger charge is 2.24. The van der Waals surface area contributed by atoms with Crippen molar-refractivity contribution in [1.82, 2.24) is 9.97 Å². The summed E-state index contributed by atoms with van der Waals surface area (Å²) in [5.74, 6) is 0. The summed E-state index contributed by atoms with van der Waals surface area (Å²) in [6.45, 7) is 0. The summed E-state index contributed by atoms with van der Waals surface area (Å²) < 4.78 is 12.4. The quantitative estimate of drug-likeness (QED) is 0.254. The van der Waals surface area contributed by atoms with Crippen molar-refractivity contribution in [2.45, 2.75) is 0 Å². The number of pyridine rings is 2. The lowest BCUT2D eigenvalue weighted by molar-refractivity contribution is 0.654. The summed E-state index contributed by atoms with van der Waals surface area (Å²) in [7, 11) is 0. The van der Waals surface area contributed by atoms with Crippen LogP contribution in [-0.2, 0) is 0 Å². The molecule has 37 heavy (non-hydrogen) atoms. The Bertz CT molecular complexity index is 2000. The third-order valence-corrected chi connectivity index (χ3v) is 7.00. The third kappa shape index (κ3) is 2.91. The van der Waals surface area contributed by atoms with Crippen molar-refractivity contribution in [2.75, 3.05) is 4.90 Å². The smallest absolute Gasteiger partial charge is 0.229 e. The first-order valence-electron chi connectivity index (χ1n) is 12.2. The number of anilines is 3. The molecule has 0 N–H and O–H groups in total. The number of fused-ring (bicyclic) bond motifs is 7. The van der Waals surface area contributed by atoms with Crippen LogP contribution in [0.1, 0.15) is 0 Å². The van der Waals surface area contributed by atoms with E-state index in [1.165, 1.54) is 5.39 Å². The molecule has 174 valence electrons. The third-order valence-electron chi connectivity index (χ3n) is 7.00. The van der Waals surface area contributed by atoms with E-state index in [4.69, 9.17) is 8.83 Å². The monoisotopic (exact) mass is 477 g/mol. The van der Waals surface area contributed by atoms with Gasteiger partial charge in [-0.3, -0.25) is 0 Å². The van der Waals surface area contributed by atoms with Crippen LogP contribution in [0.5, 0.6) is 0 Å². The topological polar surface area (TPSA) is 55.3 Å². The Morgan fingerprint density at radius 1 is 0.459 bits per heavy atom. The summed E-state index contributed by atoms with van der Waals surface area (Å²) in [6, 6.07) is 35.2. The summed E-state index contributed by atoms with van der Waals surface area (Å²) in [4.78, 5) is 11.4.